The van der Waals surface area contributed by atoms with Crippen molar-refractivity contribution in [2.45, 2.75) is 6.92 Å². The SMILES string of the molecule is C=NNC(C)=NNC. The molecule has 4 heteroatoms. The van der Waals surface area contributed by atoms with Gasteiger partial charge in [0.1, 0.15) is 5.84 Å². The summed E-state index contributed by atoms with van der Waals surface area (Å²) < 4.78 is 0. The Morgan fingerprint density at radius 2 is 2.25 bits per heavy atom. The van der Waals surface area contributed by atoms with Gasteiger partial charge >= 0.3 is 0 Å². The first-order valence-corrected chi connectivity index (χ1v) is 2.24. The van der Waals surface area contributed by atoms with Crippen LogP contribution in [0.25, 0.3) is 0 Å². The third-order valence-electron chi connectivity index (χ3n) is 0.520. The summed E-state index contributed by atoms with van der Waals surface area (Å²) in [5.41, 5.74) is 5.14. The molecule has 0 bridgehead atoms. The molecule has 0 aliphatic rings. The Balaban J connectivity index is 3.44. The van der Waals surface area contributed by atoms with Crippen LogP contribution in [0.1, 0.15) is 6.92 Å². The Kier molecular flexibility index (Phi) is 3.56. The van der Waals surface area contributed by atoms with Crippen molar-refractivity contribution < 1.29 is 0 Å². The number of hydrazone groups is 2. The van der Waals surface area contributed by atoms with Gasteiger partial charge in [-0.15, -0.1) is 0 Å². The molecule has 2 N–H and O–H groups in total. The van der Waals surface area contributed by atoms with E-state index >= 15 is 0 Å². The van der Waals surface area contributed by atoms with Gasteiger partial charge in [-0.3, -0.25) is 5.43 Å². The second-order valence-electron chi connectivity index (χ2n) is 1.19. The standard InChI is InChI=1S/C4H10N4/c1-4(7-5-2)8-6-3/h6H,2H2,1,3H3,(H,7,8). The molecule has 0 aliphatic carbocycles. The minimum absolute atomic E-state index is 0.697. The highest BCUT2D eigenvalue weighted by Crippen LogP contribution is 1.63. The lowest BCUT2D eigenvalue weighted by atomic mass is 10.7. The Morgan fingerprint density at radius 1 is 1.62 bits per heavy atom. The van der Waals surface area contributed by atoms with Crippen molar-refractivity contribution >= 4 is 12.6 Å². The lowest BCUT2D eigenvalue weighted by molar-refractivity contribution is 0.870. The lowest BCUT2D eigenvalue weighted by Crippen LogP contribution is -2.15. The maximum Gasteiger partial charge on any atom is 0.139 e. The smallest absolute Gasteiger partial charge is 0.139 e. The van der Waals surface area contributed by atoms with E-state index in [0.717, 1.165) is 0 Å². The summed E-state index contributed by atoms with van der Waals surface area (Å²) in [6, 6.07) is 0. The van der Waals surface area contributed by atoms with Gasteiger partial charge in [-0.1, -0.05) is 0 Å². The van der Waals surface area contributed by atoms with Gasteiger partial charge in [0.25, 0.3) is 0 Å². The normalized spacial score (nSPS) is 10.5. The molecule has 0 saturated carbocycles. The molecule has 0 aliphatic heterocycles. The van der Waals surface area contributed by atoms with Crippen molar-refractivity contribution in [2.75, 3.05) is 7.05 Å². The summed E-state index contributed by atoms with van der Waals surface area (Å²) in [7, 11) is 1.72. The number of rotatable bonds is 2. The minimum atomic E-state index is 0.697. The fourth-order valence-corrected chi connectivity index (χ4v) is 0.307. The number of hydrogen-bond acceptors (Lipinski definition) is 3. The number of hydrogen-bond donors (Lipinski definition) is 2. The van der Waals surface area contributed by atoms with Crippen LogP contribution in [0.15, 0.2) is 10.2 Å². The molecular formula is C4H10N4. The summed E-state index contributed by atoms with van der Waals surface area (Å²) in [6.07, 6.45) is 0. The first-order chi connectivity index (χ1) is 3.81. The van der Waals surface area contributed by atoms with E-state index in [1.165, 1.54) is 0 Å². The number of nitrogens with zero attached hydrogens (tertiary/aromatic N) is 2. The van der Waals surface area contributed by atoms with Crippen molar-refractivity contribution in [3.63, 3.8) is 0 Å². The molecule has 0 saturated heterocycles. The minimum Gasteiger partial charge on any atom is -0.311 e. The van der Waals surface area contributed by atoms with Crippen LogP contribution in [0.2, 0.25) is 0 Å². The molecule has 4 nitrogen and oxygen atoms in total. The first-order valence-electron chi connectivity index (χ1n) is 2.24. The topological polar surface area (TPSA) is 48.8 Å². The van der Waals surface area contributed by atoms with E-state index in [4.69, 9.17) is 0 Å². The maximum atomic E-state index is 3.74. The monoisotopic (exact) mass is 114 g/mol. The summed E-state index contributed by atoms with van der Waals surface area (Å²) in [5.74, 6) is 0.697. The van der Waals surface area contributed by atoms with Crippen molar-refractivity contribution in [1.29, 1.82) is 0 Å². The molecule has 46 valence electrons. The maximum absolute atomic E-state index is 3.74. The van der Waals surface area contributed by atoms with Crippen LogP contribution in [-0.4, -0.2) is 19.6 Å². The predicted molar refractivity (Wildman–Crippen MR) is 34.9 cm³/mol. The van der Waals surface area contributed by atoms with Gasteiger partial charge < -0.3 is 5.43 Å². The van der Waals surface area contributed by atoms with Gasteiger partial charge in [-0.2, -0.15) is 10.2 Å². The molecule has 0 unspecified atom stereocenters. The Bertz CT molecular complexity index is 96.2. The van der Waals surface area contributed by atoms with Crippen molar-refractivity contribution in [1.82, 2.24) is 10.9 Å². The highest BCUT2D eigenvalue weighted by molar-refractivity contribution is 5.79. The largest absolute Gasteiger partial charge is 0.311 e. The van der Waals surface area contributed by atoms with E-state index in [-0.39, 0.29) is 0 Å². The lowest BCUT2D eigenvalue weighted by Gasteiger charge is -1.94. The van der Waals surface area contributed by atoms with Crippen LogP contribution in [0.3, 0.4) is 0 Å². The Labute approximate surface area is 48.7 Å². The fourth-order valence-electron chi connectivity index (χ4n) is 0.307. The molecule has 8 heavy (non-hydrogen) atoms. The molecule has 0 fully saturated rings. The third kappa shape index (κ3) is 3.14. The second-order valence-corrected chi connectivity index (χ2v) is 1.19. The molecule has 0 spiro atoms. The van der Waals surface area contributed by atoms with E-state index in [9.17, 15) is 0 Å². The van der Waals surface area contributed by atoms with Crippen LogP contribution < -0.4 is 10.9 Å². The highest BCUT2D eigenvalue weighted by atomic mass is 15.4. The molecule has 0 radical (unpaired) electrons. The van der Waals surface area contributed by atoms with Gasteiger partial charge in [-0.05, 0) is 6.92 Å². The average molecular weight is 114 g/mol. The van der Waals surface area contributed by atoms with Crippen molar-refractivity contribution in [3.05, 3.63) is 0 Å². The average Bonchev–Trinajstić information content (AvgIpc) is 1.68. The second kappa shape index (κ2) is 4.11. The zero-order valence-corrected chi connectivity index (χ0v) is 5.10. The first kappa shape index (κ1) is 6.94. The van der Waals surface area contributed by atoms with E-state index in [2.05, 4.69) is 27.8 Å². The summed E-state index contributed by atoms with van der Waals surface area (Å²) in [4.78, 5) is 0. The van der Waals surface area contributed by atoms with Crippen LogP contribution in [0.4, 0.5) is 0 Å². The zero-order chi connectivity index (χ0) is 6.41. The fraction of sp³-hybridized carbons (Fsp3) is 0.500. The quantitative estimate of drug-likeness (QED) is 0.295. The van der Waals surface area contributed by atoms with E-state index in [1.54, 1.807) is 14.0 Å². The molecule has 0 amide bonds. The molecule has 0 rings (SSSR count). The van der Waals surface area contributed by atoms with Gasteiger partial charge in [0, 0.05) is 13.8 Å². The highest BCUT2D eigenvalue weighted by Gasteiger charge is 1.78. The van der Waals surface area contributed by atoms with Crippen molar-refractivity contribution in [2.24, 2.45) is 10.2 Å². The van der Waals surface area contributed by atoms with E-state index < -0.39 is 0 Å². The predicted octanol–water partition coefficient (Wildman–Crippen LogP) is -0.256. The van der Waals surface area contributed by atoms with Crippen LogP contribution in [-0.2, 0) is 0 Å². The molecule has 0 aromatic rings. The molecular weight excluding hydrogens is 104 g/mol. The molecule has 0 aromatic carbocycles. The summed E-state index contributed by atoms with van der Waals surface area (Å²) >= 11 is 0. The van der Waals surface area contributed by atoms with Gasteiger partial charge in [-0.25, -0.2) is 0 Å². The van der Waals surface area contributed by atoms with Crippen molar-refractivity contribution in [3.8, 4) is 0 Å². The Hall–Kier alpha value is -1.06. The van der Waals surface area contributed by atoms with Gasteiger partial charge in [0.05, 0.1) is 0 Å². The molecule has 0 heterocycles. The zero-order valence-electron chi connectivity index (χ0n) is 5.10. The van der Waals surface area contributed by atoms with E-state index in [0.29, 0.717) is 5.84 Å². The molecule has 0 aromatic heterocycles. The number of nitrogens with one attached hydrogen (secondary N) is 2. The van der Waals surface area contributed by atoms with Gasteiger partial charge in [0.15, 0.2) is 0 Å². The molecule has 0 atom stereocenters. The van der Waals surface area contributed by atoms with Crippen LogP contribution in [0.5, 0.6) is 0 Å². The van der Waals surface area contributed by atoms with Crippen LogP contribution >= 0.6 is 0 Å². The van der Waals surface area contributed by atoms with Gasteiger partial charge in [0.2, 0.25) is 0 Å². The Morgan fingerprint density at radius 3 is 2.62 bits per heavy atom. The van der Waals surface area contributed by atoms with Crippen LogP contribution in [0, 0.1) is 0 Å². The van der Waals surface area contributed by atoms with E-state index in [1.807, 2.05) is 0 Å². The summed E-state index contributed by atoms with van der Waals surface area (Å²) in [6.45, 7) is 5.00. The summed E-state index contributed by atoms with van der Waals surface area (Å²) in [5, 5.41) is 7.12. The third-order valence-corrected chi connectivity index (χ3v) is 0.520. The number of amidine groups is 1.